The van der Waals surface area contributed by atoms with Crippen LogP contribution in [0.5, 0.6) is 5.75 Å². The molecule has 0 saturated heterocycles. The molecule has 2 atom stereocenters. The Morgan fingerprint density at radius 1 is 1.33 bits per heavy atom. The average Bonchev–Trinajstić information content (AvgIpc) is 2.75. The van der Waals surface area contributed by atoms with Crippen LogP contribution in [0.25, 0.3) is 0 Å². The maximum Gasteiger partial charge on any atom is 0.154 e. The lowest BCUT2D eigenvalue weighted by molar-refractivity contribution is -0.0440. The first-order chi connectivity index (χ1) is 10.0. The smallest absolute Gasteiger partial charge is 0.154 e. The van der Waals surface area contributed by atoms with Crippen molar-refractivity contribution in [2.45, 2.75) is 25.0 Å². The lowest BCUT2D eigenvalue weighted by Crippen LogP contribution is -2.44. The molecule has 1 aliphatic carbocycles. The fraction of sp³-hybridized carbons (Fsp3) is 0.294. The van der Waals surface area contributed by atoms with Gasteiger partial charge in [0.25, 0.3) is 0 Å². The number of aryl methyl sites for hydroxylation is 1. The van der Waals surface area contributed by atoms with Gasteiger partial charge in [-0.3, -0.25) is 0 Å². The topological polar surface area (TPSA) is 55.5 Å². The molecule has 2 aromatic rings. The van der Waals surface area contributed by atoms with E-state index in [-0.39, 0.29) is 12.4 Å². The third-order valence-electron chi connectivity index (χ3n) is 4.06. The normalized spacial score (nSPS) is 23.9. The van der Waals surface area contributed by atoms with E-state index in [0.29, 0.717) is 17.7 Å². The molecule has 4 heteroatoms. The summed E-state index contributed by atoms with van der Waals surface area (Å²) < 4.78 is 19.2. The molecule has 110 valence electrons. The highest BCUT2D eigenvalue weighted by Crippen LogP contribution is 2.42. The van der Waals surface area contributed by atoms with Gasteiger partial charge in [0.05, 0.1) is 0 Å². The lowest BCUT2D eigenvalue weighted by atomic mass is 9.97. The molecule has 0 aromatic heterocycles. The molecule has 3 nitrogen and oxygen atoms in total. The summed E-state index contributed by atoms with van der Waals surface area (Å²) in [5.74, 6) is 0.255. The first kappa shape index (κ1) is 14.0. The summed E-state index contributed by atoms with van der Waals surface area (Å²) in [6.45, 7) is 1.88. The summed E-state index contributed by atoms with van der Waals surface area (Å²) >= 11 is 0. The fourth-order valence-corrected chi connectivity index (χ4v) is 2.89. The van der Waals surface area contributed by atoms with E-state index >= 15 is 0 Å². The zero-order valence-electron chi connectivity index (χ0n) is 11.8. The van der Waals surface area contributed by atoms with Crippen molar-refractivity contribution in [3.63, 3.8) is 0 Å². The first-order valence-corrected chi connectivity index (χ1v) is 6.96. The van der Waals surface area contributed by atoms with Crippen LogP contribution in [0, 0.1) is 12.7 Å². The van der Waals surface area contributed by atoms with Crippen LogP contribution in [0.2, 0.25) is 0 Å². The minimum atomic E-state index is -1.13. The van der Waals surface area contributed by atoms with Crippen LogP contribution in [0.15, 0.2) is 42.5 Å². The number of rotatable bonds is 3. The van der Waals surface area contributed by atoms with Gasteiger partial charge in [-0.25, -0.2) is 4.39 Å². The van der Waals surface area contributed by atoms with Gasteiger partial charge < -0.3 is 15.6 Å². The summed E-state index contributed by atoms with van der Waals surface area (Å²) in [7, 11) is 0. The van der Waals surface area contributed by atoms with Crippen molar-refractivity contribution in [3.8, 4) is 5.75 Å². The van der Waals surface area contributed by atoms with Gasteiger partial charge in [0.15, 0.2) is 6.10 Å². The predicted octanol–water partition coefficient (Wildman–Crippen LogP) is 2.50. The zero-order chi connectivity index (χ0) is 15.0. The SMILES string of the molecule is Cc1cc(F)ccc1O[C@@H]1c2ccccc2C[C@]1(O)CN. The van der Waals surface area contributed by atoms with Gasteiger partial charge in [-0.1, -0.05) is 24.3 Å². The van der Waals surface area contributed by atoms with Crippen LogP contribution in [-0.4, -0.2) is 17.3 Å². The summed E-state index contributed by atoms with van der Waals surface area (Å²) in [6.07, 6.45) is -0.0761. The molecule has 0 heterocycles. The fourth-order valence-electron chi connectivity index (χ4n) is 2.89. The van der Waals surface area contributed by atoms with Crippen molar-refractivity contribution >= 4 is 0 Å². The molecule has 0 bridgehead atoms. The summed E-state index contributed by atoms with van der Waals surface area (Å²) in [4.78, 5) is 0. The molecule has 0 fully saturated rings. The molecule has 2 aromatic carbocycles. The highest BCUT2D eigenvalue weighted by molar-refractivity contribution is 5.41. The first-order valence-electron chi connectivity index (χ1n) is 6.96. The summed E-state index contributed by atoms with van der Waals surface area (Å²) in [5, 5.41) is 10.8. The molecule has 0 amide bonds. The number of nitrogens with two attached hydrogens (primary N) is 1. The Labute approximate surface area is 123 Å². The molecule has 3 rings (SSSR count). The third-order valence-corrected chi connectivity index (χ3v) is 4.06. The van der Waals surface area contributed by atoms with Crippen molar-refractivity contribution in [3.05, 3.63) is 65.0 Å². The summed E-state index contributed by atoms with van der Waals surface area (Å²) in [6, 6.07) is 12.1. The van der Waals surface area contributed by atoms with Crippen molar-refractivity contribution in [1.82, 2.24) is 0 Å². The molecule has 0 spiro atoms. The molecule has 0 radical (unpaired) electrons. The van der Waals surface area contributed by atoms with Crippen LogP contribution < -0.4 is 10.5 Å². The van der Waals surface area contributed by atoms with E-state index in [1.165, 1.54) is 12.1 Å². The molecule has 0 unspecified atom stereocenters. The standard InChI is InChI=1S/C17H18FNO2/c1-11-8-13(18)6-7-15(11)21-16-14-5-3-2-4-12(14)9-17(16,20)10-19/h2-8,16,20H,9-10,19H2,1H3/t16-,17+/m1/s1. The molecule has 1 aliphatic rings. The van der Waals surface area contributed by atoms with Crippen LogP contribution in [0.1, 0.15) is 22.8 Å². The Bertz CT molecular complexity index is 674. The van der Waals surface area contributed by atoms with Gasteiger partial charge >= 0.3 is 0 Å². The van der Waals surface area contributed by atoms with E-state index in [2.05, 4.69) is 0 Å². The van der Waals surface area contributed by atoms with E-state index in [9.17, 15) is 9.50 Å². The average molecular weight is 287 g/mol. The Morgan fingerprint density at radius 3 is 2.81 bits per heavy atom. The van der Waals surface area contributed by atoms with E-state index in [0.717, 1.165) is 11.1 Å². The van der Waals surface area contributed by atoms with Crippen LogP contribution in [-0.2, 0) is 6.42 Å². The highest BCUT2D eigenvalue weighted by Gasteiger charge is 2.45. The number of ether oxygens (including phenoxy) is 1. The Morgan fingerprint density at radius 2 is 2.10 bits per heavy atom. The van der Waals surface area contributed by atoms with Gasteiger partial charge in [0, 0.05) is 13.0 Å². The largest absolute Gasteiger partial charge is 0.482 e. The van der Waals surface area contributed by atoms with Crippen molar-refractivity contribution in [2.24, 2.45) is 5.73 Å². The van der Waals surface area contributed by atoms with E-state index in [1.54, 1.807) is 13.0 Å². The van der Waals surface area contributed by atoms with Crippen molar-refractivity contribution < 1.29 is 14.2 Å². The van der Waals surface area contributed by atoms with Crippen molar-refractivity contribution in [2.75, 3.05) is 6.54 Å². The number of hydrogen-bond acceptors (Lipinski definition) is 3. The maximum absolute atomic E-state index is 13.2. The predicted molar refractivity (Wildman–Crippen MR) is 78.7 cm³/mol. The summed E-state index contributed by atoms with van der Waals surface area (Å²) in [5.41, 5.74) is 7.30. The van der Waals surface area contributed by atoms with Gasteiger partial charge in [-0.2, -0.15) is 0 Å². The quantitative estimate of drug-likeness (QED) is 0.912. The molecule has 21 heavy (non-hydrogen) atoms. The van der Waals surface area contributed by atoms with E-state index in [4.69, 9.17) is 10.5 Å². The van der Waals surface area contributed by atoms with Crippen LogP contribution in [0.3, 0.4) is 0 Å². The zero-order valence-corrected chi connectivity index (χ0v) is 11.8. The molecular weight excluding hydrogens is 269 g/mol. The number of aliphatic hydroxyl groups is 1. The second-order valence-electron chi connectivity index (χ2n) is 5.59. The van der Waals surface area contributed by atoms with Crippen LogP contribution >= 0.6 is 0 Å². The molecular formula is C17H18FNO2. The second-order valence-corrected chi connectivity index (χ2v) is 5.59. The monoisotopic (exact) mass is 287 g/mol. The van der Waals surface area contributed by atoms with E-state index in [1.807, 2.05) is 24.3 Å². The lowest BCUT2D eigenvalue weighted by Gasteiger charge is -2.30. The van der Waals surface area contributed by atoms with Crippen molar-refractivity contribution in [1.29, 1.82) is 0 Å². The molecule has 0 saturated carbocycles. The minimum absolute atomic E-state index is 0.104. The van der Waals surface area contributed by atoms with E-state index < -0.39 is 11.7 Å². The van der Waals surface area contributed by atoms with Gasteiger partial charge in [-0.15, -0.1) is 0 Å². The highest BCUT2D eigenvalue weighted by atomic mass is 19.1. The third kappa shape index (κ3) is 2.41. The number of fused-ring (bicyclic) bond motifs is 1. The Kier molecular flexibility index (Phi) is 3.43. The number of hydrogen-bond donors (Lipinski definition) is 2. The van der Waals surface area contributed by atoms with Crippen LogP contribution in [0.4, 0.5) is 4.39 Å². The Balaban J connectivity index is 1.99. The number of benzene rings is 2. The van der Waals surface area contributed by atoms with Gasteiger partial charge in [0.1, 0.15) is 17.2 Å². The molecule has 3 N–H and O–H groups in total. The number of halogens is 1. The maximum atomic E-state index is 13.2. The molecule has 0 aliphatic heterocycles. The minimum Gasteiger partial charge on any atom is -0.482 e. The van der Waals surface area contributed by atoms with Gasteiger partial charge in [-0.05, 0) is 41.8 Å². The van der Waals surface area contributed by atoms with Gasteiger partial charge in [0.2, 0.25) is 0 Å². The second kappa shape index (κ2) is 5.13. The Hall–Kier alpha value is -1.91.